The summed E-state index contributed by atoms with van der Waals surface area (Å²) in [5.41, 5.74) is -0.105. The van der Waals surface area contributed by atoms with E-state index in [2.05, 4.69) is 22.5 Å². The van der Waals surface area contributed by atoms with Crippen LogP contribution in [-0.2, 0) is 44.9 Å². The lowest BCUT2D eigenvalue weighted by molar-refractivity contribution is -0.151. The summed E-state index contributed by atoms with van der Waals surface area (Å²) in [5, 5.41) is 8.04. The van der Waals surface area contributed by atoms with Gasteiger partial charge in [0.2, 0.25) is 17.7 Å². The van der Waals surface area contributed by atoms with E-state index in [9.17, 15) is 32.4 Å². The summed E-state index contributed by atoms with van der Waals surface area (Å²) in [6.07, 6.45) is 1.26. The number of alkyl carbamates (subject to hydrolysis) is 1. The Balaban J connectivity index is 3.43. The standard InChI is InChI=1S/C33H52N4O9S/c1-11-37(26(31(41)45-9)17-18-47(10,43)44)30(40)25(20-23-15-13-12-14-16-23)35-28(38)24(19-21(2)3)34-29(39)27(22(4)5)36-32(42)46-33(6,7)8/h11-16,21-22,24-27H,1,17-20H2,2-10H3,(H,34,39)(H,35,38)(H,36,42)/t24-,25-,26?,27-/m0/s1. The number of esters is 1. The van der Waals surface area contributed by atoms with Gasteiger partial charge in [-0.15, -0.1) is 0 Å². The fourth-order valence-electron chi connectivity index (χ4n) is 4.64. The molecule has 0 aliphatic rings. The second-order valence-corrected chi connectivity index (χ2v) is 15.5. The van der Waals surface area contributed by atoms with Crippen LogP contribution in [0.15, 0.2) is 43.1 Å². The smallest absolute Gasteiger partial charge is 0.408 e. The van der Waals surface area contributed by atoms with Gasteiger partial charge in [0.25, 0.3) is 0 Å². The van der Waals surface area contributed by atoms with E-state index in [0.29, 0.717) is 5.56 Å². The summed E-state index contributed by atoms with van der Waals surface area (Å²) in [4.78, 5) is 67.5. The molecule has 47 heavy (non-hydrogen) atoms. The summed E-state index contributed by atoms with van der Waals surface area (Å²) in [6.45, 7) is 15.9. The van der Waals surface area contributed by atoms with Crippen LogP contribution >= 0.6 is 0 Å². The first kappa shape index (κ1) is 41.1. The zero-order valence-corrected chi connectivity index (χ0v) is 29.8. The second kappa shape index (κ2) is 18.4. The number of nitrogens with zero attached hydrogens (tertiary/aromatic N) is 1. The van der Waals surface area contributed by atoms with Crippen LogP contribution in [0.5, 0.6) is 0 Å². The molecule has 0 aromatic heterocycles. The van der Waals surface area contributed by atoms with Crippen molar-refractivity contribution in [2.45, 2.75) is 97.5 Å². The molecule has 3 N–H and O–H groups in total. The third-order valence-corrected chi connectivity index (χ3v) is 7.86. The third kappa shape index (κ3) is 15.0. The van der Waals surface area contributed by atoms with Gasteiger partial charge in [-0.1, -0.05) is 64.6 Å². The molecule has 0 aliphatic heterocycles. The topological polar surface area (TPSA) is 177 Å². The van der Waals surface area contributed by atoms with Gasteiger partial charge in [0.15, 0.2) is 0 Å². The van der Waals surface area contributed by atoms with Crippen molar-refractivity contribution < 1.29 is 41.9 Å². The zero-order chi connectivity index (χ0) is 36.1. The van der Waals surface area contributed by atoms with Crippen molar-refractivity contribution in [3.05, 3.63) is 48.7 Å². The van der Waals surface area contributed by atoms with E-state index in [-0.39, 0.29) is 31.1 Å². The van der Waals surface area contributed by atoms with E-state index in [1.54, 1.807) is 65.0 Å². The predicted molar refractivity (Wildman–Crippen MR) is 179 cm³/mol. The maximum Gasteiger partial charge on any atom is 0.408 e. The minimum absolute atomic E-state index is 0.00683. The van der Waals surface area contributed by atoms with Crippen molar-refractivity contribution in [1.29, 1.82) is 0 Å². The number of benzene rings is 1. The number of amides is 4. The maximum atomic E-state index is 14.0. The molecule has 1 rings (SSSR count). The number of carbonyl (C=O) groups is 5. The van der Waals surface area contributed by atoms with Gasteiger partial charge in [-0.3, -0.25) is 14.4 Å². The number of ether oxygens (including phenoxy) is 2. The summed E-state index contributed by atoms with van der Waals surface area (Å²) in [7, 11) is -2.39. The van der Waals surface area contributed by atoms with Crippen molar-refractivity contribution >= 4 is 39.6 Å². The van der Waals surface area contributed by atoms with Gasteiger partial charge in [-0.2, -0.15) is 0 Å². The third-order valence-electron chi connectivity index (χ3n) is 6.88. The van der Waals surface area contributed by atoms with Gasteiger partial charge in [0.1, 0.15) is 39.6 Å². The first-order valence-electron chi connectivity index (χ1n) is 15.5. The van der Waals surface area contributed by atoms with Crippen molar-refractivity contribution in [1.82, 2.24) is 20.9 Å². The summed E-state index contributed by atoms with van der Waals surface area (Å²) >= 11 is 0. The lowest BCUT2D eigenvalue weighted by Gasteiger charge is -2.32. The molecule has 1 aromatic rings. The molecule has 0 radical (unpaired) electrons. The molecule has 4 atom stereocenters. The van der Waals surface area contributed by atoms with E-state index >= 15 is 0 Å². The fourth-order valence-corrected chi connectivity index (χ4v) is 5.29. The van der Waals surface area contributed by atoms with Gasteiger partial charge in [-0.25, -0.2) is 18.0 Å². The largest absolute Gasteiger partial charge is 0.467 e. The van der Waals surface area contributed by atoms with E-state index in [1.807, 2.05) is 13.8 Å². The molecular formula is C33H52N4O9S. The summed E-state index contributed by atoms with van der Waals surface area (Å²) in [5.74, 6) is -3.70. The van der Waals surface area contributed by atoms with Crippen LogP contribution in [0.4, 0.5) is 4.79 Å². The molecule has 0 fully saturated rings. The quantitative estimate of drug-likeness (QED) is 0.209. The Morgan fingerprint density at radius 3 is 1.98 bits per heavy atom. The Hall–Kier alpha value is -3.94. The highest BCUT2D eigenvalue weighted by Gasteiger charge is 2.37. The molecule has 0 saturated heterocycles. The molecule has 0 heterocycles. The number of nitrogens with one attached hydrogen (secondary N) is 3. The molecule has 13 nitrogen and oxygen atoms in total. The normalized spacial score (nSPS) is 14.3. The highest BCUT2D eigenvalue weighted by atomic mass is 32.2. The molecule has 0 saturated carbocycles. The molecule has 264 valence electrons. The van der Waals surface area contributed by atoms with E-state index in [4.69, 9.17) is 9.47 Å². The molecule has 1 unspecified atom stereocenters. The average molecular weight is 681 g/mol. The Labute approximate surface area is 279 Å². The Morgan fingerprint density at radius 1 is 0.936 bits per heavy atom. The van der Waals surface area contributed by atoms with Crippen LogP contribution in [0.1, 0.15) is 66.9 Å². The van der Waals surface area contributed by atoms with Gasteiger partial charge in [-0.05, 0) is 51.0 Å². The van der Waals surface area contributed by atoms with E-state index in [0.717, 1.165) is 24.5 Å². The minimum Gasteiger partial charge on any atom is -0.467 e. The number of hydrogen-bond donors (Lipinski definition) is 3. The van der Waals surface area contributed by atoms with E-state index < -0.39 is 75.1 Å². The fraction of sp³-hybridized carbons (Fsp3) is 0.606. The lowest BCUT2D eigenvalue weighted by Crippen LogP contribution is -2.59. The van der Waals surface area contributed by atoms with Crippen molar-refractivity contribution in [3.8, 4) is 0 Å². The van der Waals surface area contributed by atoms with Crippen LogP contribution < -0.4 is 16.0 Å². The minimum atomic E-state index is -3.50. The predicted octanol–water partition coefficient (Wildman–Crippen LogP) is 2.74. The molecule has 14 heteroatoms. The van der Waals surface area contributed by atoms with Crippen molar-refractivity contribution in [2.24, 2.45) is 11.8 Å². The molecule has 1 aromatic carbocycles. The lowest BCUT2D eigenvalue weighted by atomic mass is 9.98. The Bertz CT molecular complexity index is 1340. The monoisotopic (exact) mass is 680 g/mol. The van der Waals surface area contributed by atoms with Gasteiger partial charge < -0.3 is 30.3 Å². The number of carbonyl (C=O) groups excluding carboxylic acids is 5. The van der Waals surface area contributed by atoms with E-state index in [1.165, 1.54) is 0 Å². The Kier molecular flexibility index (Phi) is 16.1. The molecular weight excluding hydrogens is 628 g/mol. The molecule has 0 aliphatic carbocycles. The first-order chi connectivity index (χ1) is 21.7. The van der Waals surface area contributed by atoms with Crippen LogP contribution in [0, 0.1) is 11.8 Å². The summed E-state index contributed by atoms with van der Waals surface area (Å²) in [6, 6.07) is 4.13. The molecule has 4 amide bonds. The molecule has 0 bridgehead atoms. The van der Waals surface area contributed by atoms with Crippen LogP contribution in [0.3, 0.4) is 0 Å². The van der Waals surface area contributed by atoms with Gasteiger partial charge in [0, 0.05) is 18.9 Å². The Morgan fingerprint density at radius 2 is 1.51 bits per heavy atom. The van der Waals surface area contributed by atoms with Crippen molar-refractivity contribution in [3.63, 3.8) is 0 Å². The van der Waals surface area contributed by atoms with Crippen LogP contribution in [-0.4, -0.2) is 92.0 Å². The highest BCUT2D eigenvalue weighted by Crippen LogP contribution is 2.16. The van der Waals surface area contributed by atoms with Crippen molar-refractivity contribution in [2.75, 3.05) is 19.1 Å². The van der Waals surface area contributed by atoms with Crippen LogP contribution in [0.25, 0.3) is 0 Å². The van der Waals surface area contributed by atoms with Gasteiger partial charge in [0.05, 0.1) is 12.9 Å². The summed E-state index contributed by atoms with van der Waals surface area (Å²) < 4.78 is 34.0. The maximum absolute atomic E-state index is 14.0. The zero-order valence-electron chi connectivity index (χ0n) is 29.0. The highest BCUT2D eigenvalue weighted by molar-refractivity contribution is 7.90. The number of sulfone groups is 1. The number of hydrogen-bond acceptors (Lipinski definition) is 9. The second-order valence-electron chi connectivity index (χ2n) is 13.2. The SMILES string of the molecule is C=CN(C(=O)[C@H](Cc1ccccc1)NC(=O)[C@H](CC(C)C)NC(=O)[C@@H](NC(=O)OC(C)(C)C)C(C)C)C(CCS(C)(=O)=O)C(=O)OC. The molecule has 0 spiro atoms. The van der Waals surface area contributed by atoms with Gasteiger partial charge >= 0.3 is 12.1 Å². The van der Waals surface area contributed by atoms with Crippen LogP contribution in [0.2, 0.25) is 0 Å². The first-order valence-corrected chi connectivity index (χ1v) is 17.6. The number of rotatable bonds is 17. The average Bonchev–Trinajstić information content (AvgIpc) is 2.95. The number of methoxy groups -OCH3 is 1.